The third-order valence-corrected chi connectivity index (χ3v) is 4.04. The summed E-state index contributed by atoms with van der Waals surface area (Å²) < 4.78 is 13.3. The average molecular weight is 307 g/mol. The van der Waals surface area contributed by atoms with Crippen molar-refractivity contribution in [3.63, 3.8) is 0 Å². The second-order valence-corrected chi connectivity index (χ2v) is 6.07. The number of hydrogen-bond donors (Lipinski definition) is 2. The number of halogens is 1. The molecule has 6 heteroatoms. The van der Waals surface area contributed by atoms with E-state index in [9.17, 15) is 14.0 Å². The van der Waals surface area contributed by atoms with Crippen molar-refractivity contribution in [2.75, 3.05) is 20.6 Å². The Morgan fingerprint density at radius 1 is 1.36 bits per heavy atom. The van der Waals surface area contributed by atoms with E-state index in [1.807, 2.05) is 6.07 Å². The van der Waals surface area contributed by atoms with Crippen LogP contribution in [-0.4, -0.2) is 43.5 Å². The van der Waals surface area contributed by atoms with Crippen molar-refractivity contribution in [3.05, 3.63) is 35.6 Å². The third-order valence-electron chi connectivity index (χ3n) is 4.04. The average Bonchev–Trinajstić information content (AvgIpc) is 3.25. The number of urea groups is 1. The zero-order valence-electron chi connectivity index (χ0n) is 13.1. The van der Waals surface area contributed by atoms with Crippen LogP contribution in [0.15, 0.2) is 24.3 Å². The number of carbonyl (C=O) groups excluding carboxylic acids is 2. The molecule has 0 bridgehead atoms. The SMILES string of the molecule is C[C@H](NC(=O)NCC1(c2cccc(F)c2)CC1)C(=O)N(C)C. The summed E-state index contributed by atoms with van der Waals surface area (Å²) in [5, 5.41) is 5.39. The minimum atomic E-state index is -0.584. The van der Waals surface area contributed by atoms with E-state index in [1.165, 1.54) is 17.0 Å². The number of rotatable bonds is 5. The quantitative estimate of drug-likeness (QED) is 0.868. The molecule has 120 valence electrons. The van der Waals surface area contributed by atoms with Gasteiger partial charge < -0.3 is 15.5 Å². The smallest absolute Gasteiger partial charge is 0.315 e. The summed E-state index contributed by atoms with van der Waals surface area (Å²) in [5.74, 6) is -0.431. The van der Waals surface area contributed by atoms with E-state index in [4.69, 9.17) is 0 Å². The molecule has 1 aliphatic carbocycles. The molecule has 0 heterocycles. The fourth-order valence-electron chi connectivity index (χ4n) is 2.48. The van der Waals surface area contributed by atoms with E-state index in [0.29, 0.717) is 6.54 Å². The van der Waals surface area contributed by atoms with Crippen molar-refractivity contribution in [3.8, 4) is 0 Å². The van der Waals surface area contributed by atoms with Gasteiger partial charge in [-0.15, -0.1) is 0 Å². The first-order chi connectivity index (χ1) is 10.3. The number of benzene rings is 1. The number of nitrogens with zero attached hydrogens (tertiary/aromatic N) is 1. The first-order valence-corrected chi connectivity index (χ1v) is 7.36. The lowest BCUT2D eigenvalue weighted by molar-refractivity contribution is -0.130. The highest BCUT2D eigenvalue weighted by atomic mass is 19.1. The molecule has 0 spiro atoms. The molecule has 0 aliphatic heterocycles. The first kappa shape index (κ1) is 16.3. The van der Waals surface area contributed by atoms with Gasteiger partial charge in [-0.25, -0.2) is 9.18 Å². The van der Waals surface area contributed by atoms with Crippen LogP contribution in [0, 0.1) is 5.82 Å². The van der Waals surface area contributed by atoms with Crippen LogP contribution in [-0.2, 0) is 10.2 Å². The monoisotopic (exact) mass is 307 g/mol. The van der Waals surface area contributed by atoms with Crippen LogP contribution in [0.1, 0.15) is 25.3 Å². The van der Waals surface area contributed by atoms with Gasteiger partial charge in [0.1, 0.15) is 11.9 Å². The fraction of sp³-hybridized carbons (Fsp3) is 0.500. The summed E-state index contributed by atoms with van der Waals surface area (Å²) in [5.41, 5.74) is 0.735. The molecular weight excluding hydrogens is 285 g/mol. The summed E-state index contributed by atoms with van der Waals surface area (Å²) in [6.45, 7) is 2.08. The van der Waals surface area contributed by atoms with E-state index in [2.05, 4.69) is 10.6 Å². The lowest BCUT2D eigenvalue weighted by Gasteiger charge is -2.20. The van der Waals surface area contributed by atoms with Gasteiger partial charge >= 0.3 is 6.03 Å². The Labute approximate surface area is 129 Å². The first-order valence-electron chi connectivity index (χ1n) is 7.36. The number of likely N-dealkylation sites (N-methyl/N-ethyl adjacent to an activating group) is 1. The molecule has 1 aromatic carbocycles. The van der Waals surface area contributed by atoms with Crippen molar-refractivity contribution in [2.45, 2.75) is 31.2 Å². The van der Waals surface area contributed by atoms with Crippen molar-refractivity contribution in [1.29, 1.82) is 0 Å². The number of amides is 3. The topological polar surface area (TPSA) is 61.4 Å². The Morgan fingerprint density at radius 3 is 2.59 bits per heavy atom. The molecule has 0 saturated heterocycles. The predicted octanol–water partition coefficient (Wildman–Crippen LogP) is 1.63. The van der Waals surface area contributed by atoms with Crippen LogP contribution in [0.3, 0.4) is 0 Å². The summed E-state index contributed by atoms with van der Waals surface area (Å²) in [6.07, 6.45) is 1.84. The molecule has 1 aromatic rings. The molecular formula is C16H22FN3O2. The van der Waals surface area contributed by atoms with Crippen LogP contribution in [0.5, 0.6) is 0 Å². The van der Waals surface area contributed by atoms with Crippen molar-refractivity contribution >= 4 is 11.9 Å². The van der Waals surface area contributed by atoms with Crippen molar-refractivity contribution in [1.82, 2.24) is 15.5 Å². The van der Waals surface area contributed by atoms with Gasteiger partial charge in [0, 0.05) is 26.1 Å². The molecule has 1 atom stereocenters. The predicted molar refractivity (Wildman–Crippen MR) is 82.0 cm³/mol. The van der Waals surface area contributed by atoms with E-state index >= 15 is 0 Å². The van der Waals surface area contributed by atoms with E-state index in [-0.39, 0.29) is 23.2 Å². The molecule has 2 N–H and O–H groups in total. The third kappa shape index (κ3) is 3.75. The molecule has 1 saturated carbocycles. The standard InChI is InChI=1S/C16H22FN3O2/c1-11(14(21)20(2)3)19-15(22)18-10-16(7-8-16)12-5-4-6-13(17)9-12/h4-6,9,11H,7-8,10H2,1-3H3,(H2,18,19,22)/t11-/m0/s1. The number of nitrogens with one attached hydrogen (secondary N) is 2. The van der Waals surface area contributed by atoms with Gasteiger partial charge in [0.2, 0.25) is 5.91 Å². The number of hydrogen-bond acceptors (Lipinski definition) is 2. The van der Waals surface area contributed by atoms with Crippen LogP contribution >= 0.6 is 0 Å². The maximum Gasteiger partial charge on any atom is 0.315 e. The van der Waals surface area contributed by atoms with Gasteiger partial charge in [-0.1, -0.05) is 12.1 Å². The Hall–Kier alpha value is -2.11. The summed E-state index contributed by atoms with van der Waals surface area (Å²) in [6, 6.07) is 5.53. The minimum absolute atomic E-state index is 0.165. The molecule has 0 unspecified atom stereocenters. The molecule has 0 radical (unpaired) electrons. The van der Waals surface area contributed by atoms with E-state index in [0.717, 1.165) is 18.4 Å². The minimum Gasteiger partial charge on any atom is -0.347 e. The van der Waals surface area contributed by atoms with Gasteiger partial charge in [0.05, 0.1) is 0 Å². The maximum absolute atomic E-state index is 13.3. The molecule has 1 aliphatic rings. The van der Waals surface area contributed by atoms with Crippen molar-refractivity contribution < 1.29 is 14.0 Å². The second-order valence-electron chi connectivity index (χ2n) is 6.07. The Morgan fingerprint density at radius 2 is 2.05 bits per heavy atom. The van der Waals surface area contributed by atoms with Gasteiger partial charge in [-0.3, -0.25) is 4.79 Å². The van der Waals surface area contributed by atoms with Gasteiger partial charge in [0.15, 0.2) is 0 Å². The summed E-state index contributed by atoms with van der Waals surface area (Å²) in [7, 11) is 3.28. The highest BCUT2D eigenvalue weighted by molar-refractivity contribution is 5.86. The largest absolute Gasteiger partial charge is 0.347 e. The lowest BCUT2D eigenvalue weighted by Crippen LogP contribution is -2.49. The second kappa shape index (κ2) is 6.34. The molecule has 0 aromatic heterocycles. The summed E-state index contributed by atoms with van der Waals surface area (Å²) in [4.78, 5) is 25.0. The normalized spacial score (nSPS) is 16.5. The Bertz CT molecular complexity index is 570. The lowest BCUT2D eigenvalue weighted by atomic mass is 9.96. The molecule has 22 heavy (non-hydrogen) atoms. The highest BCUT2D eigenvalue weighted by Crippen LogP contribution is 2.47. The van der Waals surface area contributed by atoms with Crippen LogP contribution in [0.2, 0.25) is 0 Å². The van der Waals surface area contributed by atoms with Crippen LogP contribution in [0.4, 0.5) is 9.18 Å². The number of carbonyl (C=O) groups is 2. The molecule has 1 fully saturated rings. The van der Waals surface area contributed by atoms with Crippen molar-refractivity contribution in [2.24, 2.45) is 0 Å². The maximum atomic E-state index is 13.3. The summed E-state index contributed by atoms with van der Waals surface area (Å²) >= 11 is 0. The van der Waals surface area contributed by atoms with E-state index in [1.54, 1.807) is 27.1 Å². The fourth-order valence-corrected chi connectivity index (χ4v) is 2.48. The van der Waals surface area contributed by atoms with Gasteiger partial charge in [-0.2, -0.15) is 0 Å². The molecule has 5 nitrogen and oxygen atoms in total. The zero-order chi connectivity index (χ0) is 16.3. The van der Waals surface area contributed by atoms with Gasteiger partial charge in [0.25, 0.3) is 0 Å². The zero-order valence-corrected chi connectivity index (χ0v) is 13.1. The Kier molecular flexibility index (Phi) is 4.68. The Balaban J connectivity index is 1.88. The molecule has 2 rings (SSSR count). The van der Waals surface area contributed by atoms with E-state index < -0.39 is 6.04 Å². The molecule has 3 amide bonds. The van der Waals surface area contributed by atoms with Crippen LogP contribution < -0.4 is 10.6 Å². The van der Waals surface area contributed by atoms with Gasteiger partial charge in [-0.05, 0) is 37.5 Å². The highest BCUT2D eigenvalue weighted by Gasteiger charge is 2.44. The van der Waals surface area contributed by atoms with Crippen LogP contribution in [0.25, 0.3) is 0 Å².